The SMILES string of the molecule is O=C(Nc1ccccc1N1CCOCC1)c1cnon1. The number of carbonyl (C=O) groups is 1. The van der Waals surface area contributed by atoms with Crippen LogP contribution in [0.5, 0.6) is 0 Å². The van der Waals surface area contributed by atoms with Crippen LogP contribution >= 0.6 is 0 Å². The number of hydrogen-bond acceptors (Lipinski definition) is 6. The van der Waals surface area contributed by atoms with E-state index in [2.05, 4.69) is 25.2 Å². The molecule has 2 aromatic rings. The van der Waals surface area contributed by atoms with Crippen molar-refractivity contribution in [2.45, 2.75) is 0 Å². The topological polar surface area (TPSA) is 80.5 Å². The highest BCUT2D eigenvalue weighted by Gasteiger charge is 2.17. The highest BCUT2D eigenvalue weighted by Crippen LogP contribution is 2.26. The van der Waals surface area contributed by atoms with Crippen molar-refractivity contribution >= 4 is 17.3 Å². The molecule has 7 heteroatoms. The molecule has 1 aromatic carbocycles. The Labute approximate surface area is 115 Å². The lowest BCUT2D eigenvalue weighted by Crippen LogP contribution is -2.36. The Hall–Kier alpha value is -2.41. The average molecular weight is 274 g/mol. The van der Waals surface area contributed by atoms with Crippen LogP contribution in [0.3, 0.4) is 0 Å². The maximum atomic E-state index is 12.0. The third-order valence-electron chi connectivity index (χ3n) is 3.10. The van der Waals surface area contributed by atoms with E-state index in [4.69, 9.17) is 4.74 Å². The molecule has 1 saturated heterocycles. The van der Waals surface area contributed by atoms with Crippen LogP contribution in [-0.4, -0.2) is 42.5 Å². The van der Waals surface area contributed by atoms with Gasteiger partial charge >= 0.3 is 0 Å². The standard InChI is InChI=1S/C13H14N4O3/c18-13(11-9-14-20-16-11)15-10-3-1-2-4-12(10)17-5-7-19-8-6-17/h1-4,9H,5-8H2,(H,15,18). The van der Waals surface area contributed by atoms with Crippen molar-refractivity contribution in [2.24, 2.45) is 0 Å². The minimum atomic E-state index is -0.341. The van der Waals surface area contributed by atoms with Crippen molar-refractivity contribution in [1.29, 1.82) is 0 Å². The molecule has 1 aromatic heterocycles. The number of carbonyl (C=O) groups excluding carboxylic acids is 1. The molecule has 2 heterocycles. The van der Waals surface area contributed by atoms with E-state index in [1.807, 2.05) is 24.3 Å². The third kappa shape index (κ3) is 2.62. The number of aromatic nitrogens is 2. The number of anilines is 2. The van der Waals surface area contributed by atoms with Gasteiger partial charge in [-0.15, -0.1) is 0 Å². The first-order valence-corrected chi connectivity index (χ1v) is 6.35. The zero-order valence-electron chi connectivity index (χ0n) is 10.8. The van der Waals surface area contributed by atoms with E-state index in [0.717, 1.165) is 24.5 Å². The van der Waals surface area contributed by atoms with Crippen molar-refractivity contribution in [1.82, 2.24) is 10.3 Å². The smallest absolute Gasteiger partial charge is 0.279 e. The van der Waals surface area contributed by atoms with E-state index in [0.29, 0.717) is 13.2 Å². The quantitative estimate of drug-likeness (QED) is 0.904. The van der Waals surface area contributed by atoms with Gasteiger partial charge in [0.1, 0.15) is 6.20 Å². The molecule has 1 fully saturated rings. The predicted molar refractivity (Wildman–Crippen MR) is 71.7 cm³/mol. The number of nitrogens with zero attached hydrogens (tertiary/aromatic N) is 3. The summed E-state index contributed by atoms with van der Waals surface area (Å²) in [6.45, 7) is 2.99. The van der Waals surface area contributed by atoms with Crippen LogP contribution in [0.15, 0.2) is 35.1 Å². The Balaban J connectivity index is 1.80. The maximum absolute atomic E-state index is 12.0. The van der Waals surface area contributed by atoms with Gasteiger partial charge in [0, 0.05) is 13.1 Å². The van der Waals surface area contributed by atoms with Gasteiger partial charge in [-0.3, -0.25) is 4.79 Å². The summed E-state index contributed by atoms with van der Waals surface area (Å²) in [6, 6.07) is 7.65. The molecule has 0 spiro atoms. The largest absolute Gasteiger partial charge is 0.378 e. The van der Waals surface area contributed by atoms with Gasteiger partial charge in [-0.25, -0.2) is 4.63 Å². The number of ether oxygens (including phenoxy) is 1. The fraction of sp³-hybridized carbons (Fsp3) is 0.308. The van der Waals surface area contributed by atoms with E-state index in [-0.39, 0.29) is 11.6 Å². The van der Waals surface area contributed by atoms with Gasteiger partial charge in [0.2, 0.25) is 0 Å². The number of morpholine rings is 1. The van der Waals surface area contributed by atoms with Crippen LogP contribution in [0, 0.1) is 0 Å². The van der Waals surface area contributed by atoms with E-state index in [1.54, 1.807) is 0 Å². The molecule has 0 unspecified atom stereocenters. The monoisotopic (exact) mass is 274 g/mol. The number of rotatable bonds is 3. The van der Waals surface area contributed by atoms with Crippen molar-refractivity contribution in [3.05, 3.63) is 36.2 Å². The van der Waals surface area contributed by atoms with Gasteiger partial charge in [0.25, 0.3) is 5.91 Å². The van der Waals surface area contributed by atoms with Gasteiger partial charge < -0.3 is 15.0 Å². The number of hydrogen-bond donors (Lipinski definition) is 1. The molecule has 1 aliphatic rings. The molecule has 0 aliphatic carbocycles. The number of nitrogens with one attached hydrogen (secondary N) is 1. The van der Waals surface area contributed by atoms with Crippen molar-refractivity contribution in [3.63, 3.8) is 0 Å². The van der Waals surface area contributed by atoms with E-state index in [1.165, 1.54) is 6.20 Å². The first-order valence-electron chi connectivity index (χ1n) is 6.35. The summed E-state index contributed by atoms with van der Waals surface area (Å²) in [7, 11) is 0. The van der Waals surface area contributed by atoms with Crippen LogP contribution in [0.25, 0.3) is 0 Å². The molecular formula is C13H14N4O3. The van der Waals surface area contributed by atoms with Crippen molar-refractivity contribution < 1.29 is 14.2 Å². The summed E-state index contributed by atoms with van der Waals surface area (Å²) in [6.07, 6.45) is 1.28. The highest BCUT2D eigenvalue weighted by molar-refractivity contribution is 6.04. The lowest BCUT2D eigenvalue weighted by atomic mass is 10.2. The first kappa shape index (κ1) is 12.6. The fourth-order valence-electron chi connectivity index (χ4n) is 2.11. The van der Waals surface area contributed by atoms with Gasteiger partial charge in [0.15, 0.2) is 5.69 Å². The minimum Gasteiger partial charge on any atom is -0.378 e. The Bertz CT molecular complexity index is 579. The first-order chi connectivity index (χ1) is 9.84. The van der Waals surface area contributed by atoms with Crippen LogP contribution in [0.4, 0.5) is 11.4 Å². The molecule has 3 rings (SSSR count). The third-order valence-corrected chi connectivity index (χ3v) is 3.10. The normalized spacial score (nSPS) is 15.1. The molecule has 0 atom stereocenters. The number of para-hydroxylation sites is 2. The second-order valence-electron chi connectivity index (χ2n) is 4.36. The maximum Gasteiger partial charge on any atom is 0.279 e. The summed E-state index contributed by atoms with van der Waals surface area (Å²) in [5.74, 6) is -0.341. The summed E-state index contributed by atoms with van der Waals surface area (Å²) in [5.41, 5.74) is 1.87. The Kier molecular flexibility index (Phi) is 3.60. The molecule has 1 aliphatic heterocycles. The molecule has 0 bridgehead atoms. The summed E-state index contributed by atoms with van der Waals surface area (Å²) in [5, 5.41) is 9.77. The van der Waals surface area contributed by atoms with Gasteiger partial charge in [-0.2, -0.15) is 0 Å². The van der Waals surface area contributed by atoms with Gasteiger partial charge in [-0.1, -0.05) is 17.3 Å². The molecule has 0 radical (unpaired) electrons. The Morgan fingerprint density at radius 1 is 1.25 bits per heavy atom. The van der Waals surface area contributed by atoms with E-state index >= 15 is 0 Å². The van der Waals surface area contributed by atoms with Crippen molar-refractivity contribution in [2.75, 3.05) is 36.5 Å². The average Bonchev–Trinajstić information content (AvgIpc) is 3.03. The molecule has 1 amide bonds. The lowest BCUT2D eigenvalue weighted by Gasteiger charge is -2.30. The minimum absolute atomic E-state index is 0.154. The number of benzene rings is 1. The predicted octanol–water partition coefficient (Wildman–Crippen LogP) is 1.16. The van der Waals surface area contributed by atoms with Crippen molar-refractivity contribution in [3.8, 4) is 0 Å². The summed E-state index contributed by atoms with van der Waals surface area (Å²) >= 11 is 0. The van der Waals surface area contributed by atoms with E-state index in [9.17, 15) is 4.79 Å². The Morgan fingerprint density at radius 2 is 2.05 bits per heavy atom. The Morgan fingerprint density at radius 3 is 2.80 bits per heavy atom. The van der Waals surface area contributed by atoms with Crippen LogP contribution in [0.1, 0.15) is 10.5 Å². The summed E-state index contributed by atoms with van der Waals surface area (Å²) in [4.78, 5) is 14.2. The fourth-order valence-corrected chi connectivity index (χ4v) is 2.11. The summed E-state index contributed by atoms with van der Waals surface area (Å²) < 4.78 is 9.77. The second kappa shape index (κ2) is 5.70. The molecule has 104 valence electrons. The zero-order valence-corrected chi connectivity index (χ0v) is 10.8. The van der Waals surface area contributed by atoms with Crippen LogP contribution in [-0.2, 0) is 4.74 Å². The zero-order chi connectivity index (χ0) is 13.8. The van der Waals surface area contributed by atoms with Gasteiger partial charge in [-0.05, 0) is 17.3 Å². The lowest BCUT2D eigenvalue weighted by molar-refractivity contribution is 0.101. The van der Waals surface area contributed by atoms with Gasteiger partial charge in [0.05, 0.1) is 24.6 Å². The molecule has 20 heavy (non-hydrogen) atoms. The van der Waals surface area contributed by atoms with Crippen LogP contribution < -0.4 is 10.2 Å². The molecular weight excluding hydrogens is 260 g/mol. The number of amides is 1. The second-order valence-corrected chi connectivity index (χ2v) is 4.36. The molecule has 0 saturated carbocycles. The van der Waals surface area contributed by atoms with E-state index < -0.39 is 0 Å². The van der Waals surface area contributed by atoms with Crippen LogP contribution in [0.2, 0.25) is 0 Å². The molecule has 7 nitrogen and oxygen atoms in total. The highest BCUT2D eigenvalue weighted by atomic mass is 16.6. The molecule has 1 N–H and O–H groups in total.